The summed E-state index contributed by atoms with van der Waals surface area (Å²) in [4.78, 5) is 88.1. The first-order valence-corrected chi connectivity index (χ1v) is 24.0. The number of para-hydroxylation sites is 1. The van der Waals surface area contributed by atoms with E-state index in [0.717, 1.165) is 53.9 Å². The number of nitrogens with one attached hydrogen (secondary N) is 1. The molecular weight excluding hydrogens is 873 g/mol. The van der Waals surface area contributed by atoms with Gasteiger partial charge >= 0.3 is 0 Å². The minimum Gasteiger partial charge on any atom is -0.364 e. The van der Waals surface area contributed by atoms with Crippen molar-refractivity contribution in [1.29, 1.82) is 0 Å². The number of hydrogen-bond donors (Lipinski definition) is 2. The summed E-state index contributed by atoms with van der Waals surface area (Å²) in [7, 11) is 0. The van der Waals surface area contributed by atoms with Gasteiger partial charge in [0.2, 0.25) is 11.8 Å². The van der Waals surface area contributed by atoms with Crippen molar-refractivity contribution in [2.24, 2.45) is 5.73 Å². The van der Waals surface area contributed by atoms with Gasteiger partial charge in [0.15, 0.2) is 11.4 Å². The minimum atomic E-state index is -0.730. The topological polar surface area (TPSA) is 189 Å². The normalized spacial score (nSPS) is 16.7. The van der Waals surface area contributed by atoms with Crippen LogP contribution in [0.15, 0.2) is 97.1 Å². The highest BCUT2D eigenvalue weighted by molar-refractivity contribution is 6.11. The summed E-state index contributed by atoms with van der Waals surface area (Å²) in [6.07, 6.45) is 6.15. The van der Waals surface area contributed by atoms with Gasteiger partial charge in [0.1, 0.15) is 11.4 Å². The number of benzene rings is 4. The van der Waals surface area contributed by atoms with Crippen LogP contribution in [0.4, 0.5) is 22.7 Å². The number of rotatable bonds is 12. The number of amides is 6. The number of aryl methyl sites for hydroxylation is 1. The number of carbonyl (C=O) groups is 6. The fraction of sp³-hybridized carbons (Fsp3) is 0.321. The molecule has 16 heteroatoms. The summed E-state index contributed by atoms with van der Waals surface area (Å²) in [6.45, 7) is 6.21. The monoisotopic (exact) mass is 926 g/mol. The molecule has 2 fully saturated rings. The molecule has 10 rings (SSSR count). The maximum Gasteiger partial charge on any atom is 0.277 e. The van der Waals surface area contributed by atoms with Crippen molar-refractivity contribution in [3.8, 4) is 11.4 Å². The number of aromatic nitrogens is 4. The fourth-order valence-corrected chi connectivity index (χ4v) is 10.2. The standard InChI is InChI=1S/C53H54N10O6/c1-3-34-11-4-5-14-43(34)63-49-42(26-30-61(53(49)69)39-23-19-37(20-24-39)59-28-9-7-16-45(59)65)47(57-63)51(67)55-32-33(2)35-12-10-13-40(31-35)62-48-41(46(56-62)50(54)66)25-29-60(52(48)68)38-21-17-36(18-22-38)58-27-8-6-15-44(58)64/h4-5,10-14,17-24,31,33H,3,6-9,15-16,25-30,32H2,1-2H3,(H2,54,66)(H,55,67). The molecule has 0 saturated carbocycles. The van der Waals surface area contributed by atoms with Crippen molar-refractivity contribution in [3.63, 3.8) is 0 Å². The van der Waals surface area contributed by atoms with E-state index in [1.165, 1.54) is 4.68 Å². The van der Waals surface area contributed by atoms with Crippen LogP contribution in [0.5, 0.6) is 0 Å². The molecule has 4 aliphatic rings. The molecule has 352 valence electrons. The molecule has 1 unspecified atom stereocenters. The van der Waals surface area contributed by atoms with Crippen LogP contribution in [0.25, 0.3) is 11.4 Å². The second kappa shape index (κ2) is 18.7. The fourth-order valence-electron chi connectivity index (χ4n) is 10.2. The van der Waals surface area contributed by atoms with E-state index in [0.29, 0.717) is 92.2 Å². The number of nitrogens with zero attached hydrogens (tertiary/aromatic N) is 8. The summed E-state index contributed by atoms with van der Waals surface area (Å²) in [5, 5.41) is 12.6. The molecule has 6 aromatic rings. The number of piperidine rings is 2. The Morgan fingerprint density at radius 2 is 1.12 bits per heavy atom. The van der Waals surface area contributed by atoms with Crippen LogP contribution in [0.1, 0.15) is 122 Å². The minimum absolute atomic E-state index is 0.0389. The molecule has 4 aromatic carbocycles. The number of primary amides is 1. The van der Waals surface area contributed by atoms with Crippen molar-refractivity contribution in [2.75, 3.05) is 52.3 Å². The van der Waals surface area contributed by atoms with Crippen LogP contribution in [0, 0.1) is 0 Å². The summed E-state index contributed by atoms with van der Waals surface area (Å²) in [5.41, 5.74) is 13.7. The van der Waals surface area contributed by atoms with E-state index in [9.17, 15) is 28.8 Å². The Kier molecular flexibility index (Phi) is 12.2. The third-order valence-corrected chi connectivity index (χ3v) is 13.9. The van der Waals surface area contributed by atoms with Gasteiger partial charge in [0.05, 0.1) is 11.4 Å². The zero-order valence-corrected chi connectivity index (χ0v) is 38.8. The van der Waals surface area contributed by atoms with Crippen LogP contribution < -0.4 is 30.7 Å². The van der Waals surface area contributed by atoms with Crippen LogP contribution in [-0.4, -0.2) is 87.7 Å². The Morgan fingerprint density at radius 3 is 1.67 bits per heavy atom. The van der Waals surface area contributed by atoms with E-state index in [2.05, 4.69) is 10.4 Å². The summed E-state index contributed by atoms with van der Waals surface area (Å²) in [6, 6.07) is 30.1. The highest BCUT2D eigenvalue weighted by Gasteiger charge is 2.37. The molecule has 16 nitrogen and oxygen atoms in total. The summed E-state index contributed by atoms with van der Waals surface area (Å²) in [5.74, 6) is -1.78. The second-order valence-electron chi connectivity index (χ2n) is 18.2. The lowest BCUT2D eigenvalue weighted by atomic mass is 9.99. The van der Waals surface area contributed by atoms with E-state index in [1.54, 1.807) is 30.3 Å². The third-order valence-electron chi connectivity index (χ3n) is 13.9. The van der Waals surface area contributed by atoms with Gasteiger partial charge in [-0.3, -0.25) is 28.8 Å². The van der Waals surface area contributed by atoms with Gasteiger partial charge in [-0.25, -0.2) is 9.36 Å². The zero-order valence-electron chi connectivity index (χ0n) is 38.8. The maximum atomic E-state index is 14.6. The van der Waals surface area contributed by atoms with E-state index in [4.69, 9.17) is 10.8 Å². The van der Waals surface area contributed by atoms with Gasteiger partial charge in [-0.15, -0.1) is 0 Å². The zero-order chi connectivity index (χ0) is 47.9. The molecule has 69 heavy (non-hydrogen) atoms. The molecule has 4 aliphatic heterocycles. The smallest absolute Gasteiger partial charge is 0.277 e. The van der Waals surface area contributed by atoms with Gasteiger partial charge in [0.25, 0.3) is 23.6 Å². The van der Waals surface area contributed by atoms with Gasteiger partial charge in [-0.1, -0.05) is 44.2 Å². The number of carbonyl (C=O) groups excluding carboxylic acids is 6. The van der Waals surface area contributed by atoms with Crippen molar-refractivity contribution in [2.45, 2.75) is 77.6 Å². The molecule has 0 aliphatic carbocycles. The predicted octanol–water partition coefficient (Wildman–Crippen LogP) is 6.69. The average molecular weight is 927 g/mol. The van der Waals surface area contributed by atoms with Crippen molar-refractivity contribution in [1.82, 2.24) is 24.9 Å². The van der Waals surface area contributed by atoms with Crippen LogP contribution in [0.3, 0.4) is 0 Å². The van der Waals surface area contributed by atoms with Gasteiger partial charge in [-0.05, 0) is 129 Å². The lowest BCUT2D eigenvalue weighted by Crippen LogP contribution is -2.39. The van der Waals surface area contributed by atoms with Gasteiger partial charge < -0.3 is 30.7 Å². The Morgan fingerprint density at radius 1 is 0.594 bits per heavy atom. The van der Waals surface area contributed by atoms with Crippen LogP contribution in [-0.2, 0) is 28.9 Å². The quantitative estimate of drug-likeness (QED) is 0.136. The molecule has 0 spiro atoms. The molecule has 1 atom stereocenters. The highest BCUT2D eigenvalue weighted by atomic mass is 16.2. The molecule has 6 heterocycles. The Hall–Kier alpha value is -7.88. The van der Waals surface area contributed by atoms with Gasteiger partial charge in [0, 0.05) is 79.4 Å². The highest BCUT2D eigenvalue weighted by Crippen LogP contribution is 2.34. The van der Waals surface area contributed by atoms with Crippen molar-refractivity contribution < 1.29 is 28.8 Å². The summed E-state index contributed by atoms with van der Waals surface area (Å²) >= 11 is 0. The number of fused-ring (bicyclic) bond motifs is 2. The van der Waals surface area contributed by atoms with E-state index >= 15 is 0 Å². The SMILES string of the molecule is CCc1ccccc1-n1nc(C(=O)NCC(C)c2cccc(-n3nc(C(N)=O)c4c3C(=O)N(c3ccc(N5CCCCC5=O)cc3)CC4)c2)c2c1C(=O)N(c1ccc(N3CCCCC3=O)cc1)CC2. The Labute approximate surface area is 399 Å². The maximum absolute atomic E-state index is 14.6. The average Bonchev–Trinajstić information content (AvgIpc) is 3.97. The Bertz CT molecular complexity index is 3030. The predicted molar refractivity (Wildman–Crippen MR) is 262 cm³/mol. The first-order valence-electron chi connectivity index (χ1n) is 24.0. The summed E-state index contributed by atoms with van der Waals surface area (Å²) < 4.78 is 3.10. The molecule has 0 bridgehead atoms. The molecule has 6 amide bonds. The van der Waals surface area contributed by atoms with Crippen LogP contribution in [0.2, 0.25) is 0 Å². The first-order chi connectivity index (χ1) is 33.5. The largest absolute Gasteiger partial charge is 0.364 e. The third kappa shape index (κ3) is 8.33. The van der Waals surface area contributed by atoms with E-state index in [1.807, 2.05) is 105 Å². The lowest BCUT2D eigenvalue weighted by Gasteiger charge is -2.30. The van der Waals surface area contributed by atoms with E-state index < -0.39 is 11.8 Å². The number of nitrogens with two attached hydrogens (primary N) is 1. The number of hydrogen-bond acceptors (Lipinski definition) is 8. The molecular formula is C53H54N10O6. The molecule has 2 aromatic heterocycles. The molecule has 2 saturated heterocycles. The lowest BCUT2D eigenvalue weighted by molar-refractivity contribution is -0.120. The molecule has 3 N–H and O–H groups in total. The van der Waals surface area contributed by atoms with Crippen molar-refractivity contribution in [3.05, 3.63) is 142 Å². The molecule has 0 radical (unpaired) electrons. The first kappa shape index (κ1) is 44.9. The van der Waals surface area contributed by atoms with E-state index in [-0.39, 0.29) is 53.2 Å². The Balaban J connectivity index is 0.889. The van der Waals surface area contributed by atoms with Crippen LogP contribution >= 0.6 is 0 Å². The van der Waals surface area contributed by atoms with Gasteiger partial charge in [-0.2, -0.15) is 10.2 Å². The number of anilines is 4. The van der Waals surface area contributed by atoms with Crippen molar-refractivity contribution >= 4 is 58.2 Å². The second-order valence-corrected chi connectivity index (χ2v) is 18.2.